The van der Waals surface area contributed by atoms with Crippen LogP contribution in [0.25, 0.3) is 0 Å². The number of nitrogens with zero attached hydrogens (tertiary/aromatic N) is 2. The van der Waals surface area contributed by atoms with Gasteiger partial charge in [-0.3, -0.25) is 4.79 Å². The molecule has 8 heavy (non-hydrogen) atoms. The standard InChI is InChI=1S/C4H6N2O.Rb/c1-6-3-2-5-4(6)7;/h2-3H,1H3,(H,5,7);/q;+1/p-1. The van der Waals surface area contributed by atoms with Gasteiger partial charge in [-0.15, -0.1) is 0 Å². The third-order valence-corrected chi connectivity index (χ3v) is 0.777. The van der Waals surface area contributed by atoms with Crippen molar-refractivity contribution in [3.05, 3.63) is 22.9 Å². The number of aryl methyl sites for hydroxylation is 1. The van der Waals surface area contributed by atoms with E-state index in [0.717, 1.165) is 0 Å². The summed E-state index contributed by atoms with van der Waals surface area (Å²) in [5.41, 5.74) is -0.194. The van der Waals surface area contributed by atoms with Crippen molar-refractivity contribution in [2.45, 2.75) is 0 Å². The van der Waals surface area contributed by atoms with Crippen LogP contribution < -0.4 is 68.9 Å². The minimum Gasteiger partial charge on any atom is -0.420 e. The Morgan fingerprint density at radius 1 is 1.75 bits per heavy atom. The molecular weight excluding hydrogens is 178 g/mol. The Labute approximate surface area is 95.9 Å². The normalized spacial score (nSPS) is 8.12. The quantitative estimate of drug-likeness (QED) is 0.415. The summed E-state index contributed by atoms with van der Waals surface area (Å²) in [4.78, 5) is 13.7. The first-order valence-corrected chi connectivity index (χ1v) is 1.95. The molecule has 1 rings (SSSR count). The Bertz CT molecular complexity index is 202. The minimum absolute atomic E-state index is 0. The first-order chi connectivity index (χ1) is 3.30. The molecule has 0 bridgehead atoms. The van der Waals surface area contributed by atoms with Gasteiger partial charge in [-0.25, -0.2) is 0 Å². The summed E-state index contributed by atoms with van der Waals surface area (Å²) in [5.74, 6) is 0. The zero-order valence-corrected chi connectivity index (χ0v) is 9.87. The van der Waals surface area contributed by atoms with Gasteiger partial charge in [-0.1, -0.05) is 19.4 Å². The van der Waals surface area contributed by atoms with Gasteiger partial charge in [0, 0.05) is 0 Å². The Kier molecular flexibility index (Phi) is 4.15. The molecule has 0 spiro atoms. The number of rotatable bonds is 0. The maximum atomic E-state index is 10.3. The van der Waals surface area contributed by atoms with Crippen molar-refractivity contribution in [1.82, 2.24) is 9.55 Å². The Morgan fingerprint density at radius 3 is 2.50 bits per heavy atom. The molecule has 0 aromatic carbocycles. The summed E-state index contributed by atoms with van der Waals surface area (Å²) in [7, 11) is 1.66. The van der Waals surface area contributed by atoms with Crippen LogP contribution in [0.3, 0.4) is 0 Å². The zero-order valence-electron chi connectivity index (χ0n) is 4.96. The van der Waals surface area contributed by atoms with Crippen LogP contribution in [0.5, 0.6) is 0 Å². The van der Waals surface area contributed by atoms with Crippen LogP contribution in [-0.2, 0) is 7.05 Å². The van der Waals surface area contributed by atoms with Gasteiger partial charge in [0.1, 0.15) is 0 Å². The van der Waals surface area contributed by atoms with Gasteiger partial charge < -0.3 is 9.55 Å². The summed E-state index contributed by atoms with van der Waals surface area (Å²) in [5, 5.41) is 0. The van der Waals surface area contributed by atoms with E-state index in [1.807, 2.05) is 0 Å². The Morgan fingerprint density at radius 2 is 2.38 bits per heavy atom. The van der Waals surface area contributed by atoms with Crippen molar-refractivity contribution in [2.24, 2.45) is 7.05 Å². The molecule has 3 nitrogen and oxygen atoms in total. The molecule has 38 valence electrons. The predicted octanol–water partition coefficient (Wildman–Crippen LogP) is -3.65. The van der Waals surface area contributed by atoms with Crippen LogP contribution in [0.4, 0.5) is 0 Å². The molecule has 0 unspecified atom stereocenters. The van der Waals surface area contributed by atoms with E-state index in [1.165, 1.54) is 10.8 Å². The molecule has 0 radical (unpaired) electrons. The van der Waals surface area contributed by atoms with E-state index in [2.05, 4.69) is 4.98 Å². The van der Waals surface area contributed by atoms with E-state index < -0.39 is 0 Å². The second-order valence-electron chi connectivity index (χ2n) is 1.32. The van der Waals surface area contributed by atoms with Crippen molar-refractivity contribution in [3.63, 3.8) is 0 Å². The monoisotopic (exact) mass is 182 g/mol. The van der Waals surface area contributed by atoms with Gasteiger partial charge in [0.15, 0.2) is 5.69 Å². The maximum absolute atomic E-state index is 10.3. The molecule has 0 saturated heterocycles. The molecule has 0 aliphatic heterocycles. The van der Waals surface area contributed by atoms with Crippen molar-refractivity contribution in [2.75, 3.05) is 0 Å². The summed E-state index contributed by atoms with van der Waals surface area (Å²) >= 11 is 0. The molecule has 4 heteroatoms. The van der Waals surface area contributed by atoms with Crippen molar-refractivity contribution >= 4 is 0 Å². The van der Waals surface area contributed by atoms with Gasteiger partial charge in [0.2, 0.25) is 0 Å². The SMILES string of the molecule is Cn1cc[n-]c1=O.[Rb+]. The fourth-order valence-electron chi connectivity index (χ4n) is 0.352. The Hall–Kier alpha value is 0.815. The van der Waals surface area contributed by atoms with Gasteiger partial charge >= 0.3 is 58.2 Å². The van der Waals surface area contributed by atoms with Crippen LogP contribution in [-0.4, -0.2) is 4.57 Å². The summed E-state index contributed by atoms with van der Waals surface area (Å²) in [6.45, 7) is 0. The molecule has 0 aliphatic carbocycles. The van der Waals surface area contributed by atoms with Crippen LogP contribution in [0, 0.1) is 0 Å². The topological polar surface area (TPSA) is 36.1 Å². The fourth-order valence-corrected chi connectivity index (χ4v) is 0.352. The molecule has 0 saturated carbocycles. The van der Waals surface area contributed by atoms with E-state index in [-0.39, 0.29) is 63.9 Å². The van der Waals surface area contributed by atoms with E-state index in [4.69, 9.17) is 0 Å². The zero-order chi connectivity index (χ0) is 5.28. The van der Waals surface area contributed by atoms with Crippen LogP contribution in [0.2, 0.25) is 0 Å². The van der Waals surface area contributed by atoms with Gasteiger partial charge in [-0.05, 0) is 0 Å². The number of hydrogen-bond donors (Lipinski definition) is 0. The molecular formula is C4H5N2ORb. The van der Waals surface area contributed by atoms with Crippen molar-refractivity contribution in [1.29, 1.82) is 0 Å². The van der Waals surface area contributed by atoms with E-state index >= 15 is 0 Å². The number of imidazole rings is 1. The average molecular weight is 183 g/mol. The largest absolute Gasteiger partial charge is 1.00 e. The smallest absolute Gasteiger partial charge is 0.420 e. The number of hydrogen-bond acceptors (Lipinski definition) is 1. The third kappa shape index (κ3) is 1.97. The van der Waals surface area contributed by atoms with Crippen LogP contribution in [0.1, 0.15) is 0 Å². The third-order valence-electron chi connectivity index (χ3n) is 0.777. The van der Waals surface area contributed by atoms with Gasteiger partial charge in [0.05, 0.1) is 0 Å². The van der Waals surface area contributed by atoms with Gasteiger partial charge in [-0.2, -0.15) is 0 Å². The van der Waals surface area contributed by atoms with E-state index in [0.29, 0.717) is 0 Å². The van der Waals surface area contributed by atoms with Crippen molar-refractivity contribution < 1.29 is 58.2 Å². The molecule has 0 atom stereocenters. The average Bonchev–Trinajstić information content (AvgIpc) is 1.91. The second-order valence-corrected chi connectivity index (χ2v) is 1.32. The summed E-state index contributed by atoms with van der Waals surface area (Å²) in [6, 6.07) is 0. The first kappa shape index (κ1) is 8.82. The molecule has 0 N–H and O–H groups in total. The number of aromatic nitrogens is 2. The summed E-state index contributed by atoms with van der Waals surface area (Å²) < 4.78 is 1.42. The molecule has 1 aromatic heterocycles. The van der Waals surface area contributed by atoms with Crippen LogP contribution in [0.15, 0.2) is 17.2 Å². The Balaban J connectivity index is 0.000000490. The van der Waals surface area contributed by atoms with E-state index in [9.17, 15) is 4.79 Å². The first-order valence-electron chi connectivity index (χ1n) is 1.95. The van der Waals surface area contributed by atoms with Crippen molar-refractivity contribution in [3.8, 4) is 0 Å². The molecule has 1 aromatic rings. The molecule has 0 amide bonds. The predicted molar refractivity (Wildman–Crippen MR) is 25.0 cm³/mol. The molecule has 0 fully saturated rings. The second kappa shape index (κ2) is 3.77. The molecule has 0 aliphatic rings. The summed E-state index contributed by atoms with van der Waals surface area (Å²) in [6.07, 6.45) is 3.09. The van der Waals surface area contributed by atoms with Crippen LogP contribution >= 0.6 is 0 Å². The fraction of sp³-hybridized carbons (Fsp3) is 0.250. The van der Waals surface area contributed by atoms with Gasteiger partial charge in [0.25, 0.3) is 0 Å². The van der Waals surface area contributed by atoms with E-state index in [1.54, 1.807) is 13.2 Å². The molecule has 1 heterocycles. The minimum atomic E-state index is -0.194. The maximum Gasteiger partial charge on any atom is 1.00 e.